The van der Waals surface area contributed by atoms with Crippen LogP contribution >= 0.6 is 11.6 Å². The number of nitrogens with zero attached hydrogens (tertiary/aromatic N) is 3. The van der Waals surface area contributed by atoms with E-state index in [9.17, 15) is 9.59 Å². The third-order valence-electron chi connectivity index (χ3n) is 5.36. The lowest BCUT2D eigenvalue weighted by Gasteiger charge is -2.41. The monoisotopic (exact) mass is 414 g/mol. The van der Waals surface area contributed by atoms with Crippen LogP contribution in [0, 0.1) is 6.92 Å². The number of hydrogen-bond acceptors (Lipinski definition) is 6. The summed E-state index contributed by atoms with van der Waals surface area (Å²) in [5.74, 6) is 0.193. The van der Waals surface area contributed by atoms with Crippen LogP contribution in [0.3, 0.4) is 0 Å². The predicted octanol–water partition coefficient (Wildman–Crippen LogP) is 2.65. The van der Waals surface area contributed by atoms with Gasteiger partial charge >= 0.3 is 5.97 Å². The number of amides is 1. The van der Waals surface area contributed by atoms with Gasteiger partial charge in [-0.15, -0.1) is 0 Å². The number of ether oxygens (including phenoxy) is 1. The summed E-state index contributed by atoms with van der Waals surface area (Å²) in [4.78, 5) is 32.5. The van der Waals surface area contributed by atoms with Crippen LogP contribution in [0.25, 0.3) is 0 Å². The summed E-state index contributed by atoms with van der Waals surface area (Å²) in [5, 5.41) is 3.85. The Labute approximate surface area is 174 Å². The molecule has 0 unspecified atom stereocenters. The van der Waals surface area contributed by atoms with E-state index in [1.54, 1.807) is 12.3 Å². The van der Waals surface area contributed by atoms with Crippen LogP contribution in [-0.4, -0.2) is 54.0 Å². The molecule has 8 heteroatoms. The first-order valence-electron chi connectivity index (χ1n) is 9.65. The minimum atomic E-state index is -0.302. The number of anilines is 2. The van der Waals surface area contributed by atoms with Crippen LogP contribution in [0.15, 0.2) is 30.5 Å². The van der Waals surface area contributed by atoms with Crippen molar-refractivity contribution in [3.8, 4) is 5.75 Å². The zero-order valence-corrected chi connectivity index (χ0v) is 17.2. The van der Waals surface area contributed by atoms with E-state index in [1.165, 1.54) is 0 Å². The molecule has 2 aliphatic rings. The number of piperazine rings is 1. The van der Waals surface area contributed by atoms with Gasteiger partial charge in [0.2, 0.25) is 5.91 Å². The number of fused-ring (bicyclic) bond motifs is 1. The first-order valence-corrected chi connectivity index (χ1v) is 10.0. The highest BCUT2D eigenvalue weighted by molar-refractivity contribution is 6.31. The van der Waals surface area contributed by atoms with Gasteiger partial charge in [-0.2, -0.15) is 0 Å². The molecule has 0 aliphatic carbocycles. The molecule has 0 saturated carbocycles. The molecular formula is C21H23ClN4O3. The number of rotatable bonds is 4. The van der Waals surface area contributed by atoms with Crippen LogP contribution in [0.4, 0.5) is 11.4 Å². The van der Waals surface area contributed by atoms with E-state index < -0.39 is 0 Å². The second-order valence-corrected chi connectivity index (χ2v) is 7.90. The number of hydrogen-bond donors (Lipinski definition) is 1. The third-order valence-corrected chi connectivity index (χ3v) is 5.79. The van der Waals surface area contributed by atoms with Gasteiger partial charge in [0.15, 0.2) is 5.75 Å². The summed E-state index contributed by atoms with van der Waals surface area (Å²) in [7, 11) is 0. The molecule has 1 N–H and O–H groups in total. The molecule has 0 spiro atoms. The standard InChI is InChI=1S/C21H23ClN4O3/c1-13-7-16(3-4-17(13)22)25-5-6-26(14(2)12-25)20(27)11-23-15-8-19-18(24-10-15)9-21(28)29-19/h3-4,7-8,10,14,23H,5-6,9,11-12H2,1-2H3/t14-/m1/s1. The van der Waals surface area contributed by atoms with Crippen molar-refractivity contribution in [1.82, 2.24) is 9.88 Å². The Morgan fingerprint density at radius 3 is 2.93 bits per heavy atom. The fourth-order valence-electron chi connectivity index (χ4n) is 3.75. The van der Waals surface area contributed by atoms with Gasteiger partial charge in [0.05, 0.1) is 30.5 Å². The van der Waals surface area contributed by atoms with E-state index in [0.717, 1.165) is 29.4 Å². The van der Waals surface area contributed by atoms with Crippen molar-refractivity contribution in [2.45, 2.75) is 26.3 Å². The van der Waals surface area contributed by atoms with E-state index in [4.69, 9.17) is 16.3 Å². The summed E-state index contributed by atoms with van der Waals surface area (Å²) in [6.07, 6.45) is 1.82. The molecule has 1 fully saturated rings. The Balaban J connectivity index is 1.34. The smallest absolute Gasteiger partial charge is 0.317 e. The van der Waals surface area contributed by atoms with Crippen LogP contribution in [0.2, 0.25) is 5.02 Å². The molecule has 7 nitrogen and oxygen atoms in total. The molecule has 152 valence electrons. The average Bonchev–Trinajstić information content (AvgIpc) is 3.07. The van der Waals surface area contributed by atoms with Gasteiger partial charge in [0.25, 0.3) is 0 Å². The van der Waals surface area contributed by atoms with Crippen molar-refractivity contribution >= 4 is 34.9 Å². The normalized spacial score (nSPS) is 18.4. The number of benzene rings is 1. The Bertz CT molecular complexity index is 965. The number of aromatic nitrogens is 1. The Kier molecular flexibility index (Phi) is 5.32. The van der Waals surface area contributed by atoms with Gasteiger partial charge in [-0.25, -0.2) is 0 Å². The highest BCUT2D eigenvalue weighted by Crippen LogP contribution is 2.27. The van der Waals surface area contributed by atoms with E-state index in [2.05, 4.69) is 28.2 Å². The largest absolute Gasteiger partial charge is 0.424 e. The lowest BCUT2D eigenvalue weighted by molar-refractivity contribution is -0.132. The highest BCUT2D eigenvalue weighted by atomic mass is 35.5. The van der Waals surface area contributed by atoms with Crippen molar-refractivity contribution in [2.75, 3.05) is 36.4 Å². The summed E-state index contributed by atoms with van der Waals surface area (Å²) in [6, 6.07) is 7.83. The molecule has 2 aliphatic heterocycles. The van der Waals surface area contributed by atoms with E-state index in [1.807, 2.05) is 24.0 Å². The topological polar surface area (TPSA) is 74.8 Å². The number of carbonyl (C=O) groups is 2. The molecule has 29 heavy (non-hydrogen) atoms. The number of nitrogens with one attached hydrogen (secondary N) is 1. The van der Waals surface area contributed by atoms with Crippen molar-refractivity contribution in [3.63, 3.8) is 0 Å². The van der Waals surface area contributed by atoms with Crippen molar-refractivity contribution < 1.29 is 14.3 Å². The third kappa shape index (κ3) is 4.15. The summed E-state index contributed by atoms with van der Waals surface area (Å²) in [6.45, 7) is 6.41. The molecule has 1 aromatic carbocycles. The average molecular weight is 415 g/mol. The quantitative estimate of drug-likeness (QED) is 0.775. The number of pyridine rings is 1. The molecule has 2 aromatic rings. The first-order chi connectivity index (χ1) is 13.9. The molecule has 3 heterocycles. The lowest BCUT2D eigenvalue weighted by atomic mass is 10.1. The van der Waals surface area contributed by atoms with Gasteiger partial charge in [-0.05, 0) is 37.6 Å². The van der Waals surface area contributed by atoms with Gasteiger partial charge in [-0.1, -0.05) is 11.6 Å². The predicted molar refractivity (Wildman–Crippen MR) is 112 cm³/mol. The van der Waals surface area contributed by atoms with Crippen molar-refractivity contribution in [1.29, 1.82) is 0 Å². The zero-order valence-electron chi connectivity index (χ0n) is 16.4. The Morgan fingerprint density at radius 1 is 1.34 bits per heavy atom. The number of aryl methyl sites for hydroxylation is 1. The van der Waals surface area contributed by atoms with Crippen LogP contribution in [0.1, 0.15) is 18.2 Å². The first kappa shape index (κ1) is 19.5. The molecule has 0 bridgehead atoms. The van der Waals surface area contributed by atoms with Crippen LogP contribution in [-0.2, 0) is 16.0 Å². The van der Waals surface area contributed by atoms with E-state index >= 15 is 0 Å². The second kappa shape index (κ2) is 7.91. The second-order valence-electron chi connectivity index (χ2n) is 7.49. The fourth-order valence-corrected chi connectivity index (χ4v) is 3.87. The fraction of sp³-hybridized carbons (Fsp3) is 0.381. The molecular weight excluding hydrogens is 392 g/mol. The van der Waals surface area contributed by atoms with E-state index in [0.29, 0.717) is 23.7 Å². The van der Waals surface area contributed by atoms with Crippen LogP contribution in [0.5, 0.6) is 5.75 Å². The van der Waals surface area contributed by atoms with Gasteiger partial charge in [-0.3, -0.25) is 14.6 Å². The molecule has 1 atom stereocenters. The maximum Gasteiger partial charge on any atom is 0.317 e. The SMILES string of the molecule is Cc1cc(N2CCN(C(=O)CNc3cnc4c(c3)OC(=O)C4)[C@H](C)C2)ccc1Cl. The minimum absolute atomic E-state index is 0.0296. The molecule has 4 rings (SSSR count). The zero-order chi connectivity index (χ0) is 20.5. The number of carbonyl (C=O) groups excluding carboxylic acids is 2. The van der Waals surface area contributed by atoms with E-state index in [-0.39, 0.29) is 30.9 Å². The Hall–Kier alpha value is -2.80. The van der Waals surface area contributed by atoms with Crippen LogP contribution < -0.4 is 15.0 Å². The molecule has 1 amide bonds. The highest BCUT2D eigenvalue weighted by Gasteiger charge is 2.28. The van der Waals surface area contributed by atoms with Gasteiger partial charge < -0.3 is 19.9 Å². The summed E-state index contributed by atoms with van der Waals surface area (Å²) in [5.41, 5.74) is 3.47. The summed E-state index contributed by atoms with van der Waals surface area (Å²) >= 11 is 6.13. The molecule has 1 saturated heterocycles. The minimum Gasteiger partial charge on any atom is -0.424 e. The number of halogens is 1. The maximum atomic E-state index is 12.7. The maximum absolute atomic E-state index is 12.7. The summed E-state index contributed by atoms with van der Waals surface area (Å²) < 4.78 is 5.11. The van der Waals surface area contributed by atoms with Gasteiger partial charge in [0, 0.05) is 42.5 Å². The lowest BCUT2D eigenvalue weighted by Crippen LogP contribution is -2.55. The van der Waals surface area contributed by atoms with Crippen molar-refractivity contribution in [3.05, 3.63) is 46.7 Å². The molecule has 0 radical (unpaired) electrons. The Morgan fingerprint density at radius 2 is 2.17 bits per heavy atom. The number of esters is 1. The molecule has 1 aromatic heterocycles. The van der Waals surface area contributed by atoms with Crippen molar-refractivity contribution in [2.24, 2.45) is 0 Å². The van der Waals surface area contributed by atoms with Gasteiger partial charge in [0.1, 0.15) is 0 Å².